The number of hydrogen-bond donors (Lipinski definition) is 2. The zero-order chi connectivity index (χ0) is 7.52. The van der Waals surface area contributed by atoms with Gasteiger partial charge in [-0.25, -0.2) is 0 Å². The van der Waals surface area contributed by atoms with E-state index in [1.807, 2.05) is 0 Å². The zero-order valence-electron chi connectivity index (χ0n) is 7.10. The molecule has 11 heavy (non-hydrogen) atoms. The summed E-state index contributed by atoms with van der Waals surface area (Å²) in [5.74, 6) is 1.99. The fraction of sp³-hybridized carbons (Fsp3) is 1.00. The molecule has 2 saturated heterocycles. The predicted molar refractivity (Wildman–Crippen MR) is 46.6 cm³/mol. The third-order valence-corrected chi connectivity index (χ3v) is 3.15. The first-order chi connectivity index (χ1) is 5.47. The molecule has 2 aliphatic rings. The Kier molecular flexibility index (Phi) is 2.44. The standard InChI is InChI=1S/C9H18N2/c1-4-10-5-3-9-7-11-6-2-8(1)9/h8-11H,1-7H2. The van der Waals surface area contributed by atoms with Crippen LogP contribution in [0.3, 0.4) is 0 Å². The van der Waals surface area contributed by atoms with Gasteiger partial charge < -0.3 is 10.6 Å². The molecule has 2 aliphatic heterocycles. The molecule has 2 fully saturated rings. The van der Waals surface area contributed by atoms with E-state index in [1.165, 1.54) is 45.4 Å². The molecule has 0 saturated carbocycles. The summed E-state index contributed by atoms with van der Waals surface area (Å²) in [5.41, 5.74) is 0. The molecule has 2 nitrogen and oxygen atoms in total. The minimum Gasteiger partial charge on any atom is -0.317 e. The van der Waals surface area contributed by atoms with Crippen LogP contribution in [0.1, 0.15) is 19.3 Å². The van der Waals surface area contributed by atoms with Crippen molar-refractivity contribution >= 4 is 0 Å². The summed E-state index contributed by atoms with van der Waals surface area (Å²) in [7, 11) is 0. The van der Waals surface area contributed by atoms with Gasteiger partial charge in [-0.15, -0.1) is 0 Å². The summed E-state index contributed by atoms with van der Waals surface area (Å²) in [6.45, 7) is 5.01. The van der Waals surface area contributed by atoms with Crippen LogP contribution in [0.25, 0.3) is 0 Å². The molecule has 0 aromatic heterocycles. The highest BCUT2D eigenvalue weighted by atomic mass is 14.9. The predicted octanol–water partition coefficient (Wildman–Crippen LogP) is 0.596. The van der Waals surface area contributed by atoms with E-state index < -0.39 is 0 Å². The van der Waals surface area contributed by atoms with Gasteiger partial charge in [-0.3, -0.25) is 0 Å². The van der Waals surface area contributed by atoms with E-state index in [0.29, 0.717) is 0 Å². The molecule has 2 unspecified atom stereocenters. The van der Waals surface area contributed by atoms with Crippen LogP contribution in [0.4, 0.5) is 0 Å². The van der Waals surface area contributed by atoms with Gasteiger partial charge in [0.15, 0.2) is 0 Å². The first kappa shape index (κ1) is 7.56. The molecule has 0 amide bonds. The van der Waals surface area contributed by atoms with Crippen molar-refractivity contribution < 1.29 is 0 Å². The van der Waals surface area contributed by atoms with Crippen LogP contribution >= 0.6 is 0 Å². The van der Waals surface area contributed by atoms with Gasteiger partial charge in [0, 0.05) is 0 Å². The van der Waals surface area contributed by atoms with Gasteiger partial charge in [-0.05, 0) is 57.3 Å². The summed E-state index contributed by atoms with van der Waals surface area (Å²) >= 11 is 0. The third-order valence-electron chi connectivity index (χ3n) is 3.15. The summed E-state index contributed by atoms with van der Waals surface area (Å²) in [4.78, 5) is 0. The van der Waals surface area contributed by atoms with E-state index in [1.54, 1.807) is 0 Å². The lowest BCUT2D eigenvalue weighted by molar-refractivity contribution is 0.247. The van der Waals surface area contributed by atoms with Crippen molar-refractivity contribution in [3.05, 3.63) is 0 Å². The second-order valence-corrected chi connectivity index (χ2v) is 3.84. The maximum atomic E-state index is 3.48. The van der Waals surface area contributed by atoms with E-state index in [4.69, 9.17) is 0 Å². The fourth-order valence-electron chi connectivity index (χ4n) is 2.40. The number of nitrogens with one attached hydrogen (secondary N) is 2. The molecule has 2 heterocycles. The Labute approximate surface area is 68.7 Å². The van der Waals surface area contributed by atoms with Crippen LogP contribution in [0.5, 0.6) is 0 Å². The van der Waals surface area contributed by atoms with Crippen LogP contribution in [0, 0.1) is 11.8 Å². The van der Waals surface area contributed by atoms with Crippen molar-refractivity contribution in [2.75, 3.05) is 26.2 Å². The van der Waals surface area contributed by atoms with Crippen LogP contribution in [0.15, 0.2) is 0 Å². The Bertz CT molecular complexity index is 111. The van der Waals surface area contributed by atoms with Crippen molar-refractivity contribution in [2.24, 2.45) is 11.8 Å². The lowest BCUT2D eigenvalue weighted by Gasteiger charge is -2.30. The van der Waals surface area contributed by atoms with E-state index in [-0.39, 0.29) is 0 Å². The van der Waals surface area contributed by atoms with Gasteiger partial charge >= 0.3 is 0 Å². The van der Waals surface area contributed by atoms with Crippen molar-refractivity contribution in [2.45, 2.75) is 19.3 Å². The zero-order valence-corrected chi connectivity index (χ0v) is 7.10. The molecule has 2 atom stereocenters. The highest BCUT2D eigenvalue weighted by Crippen LogP contribution is 2.26. The molecular weight excluding hydrogens is 136 g/mol. The van der Waals surface area contributed by atoms with Gasteiger partial charge in [0.2, 0.25) is 0 Å². The molecular formula is C9H18N2. The SMILES string of the molecule is C1CC2CCNCC2CCN1. The molecule has 0 aromatic rings. The lowest BCUT2D eigenvalue weighted by Crippen LogP contribution is -2.36. The van der Waals surface area contributed by atoms with Crippen molar-refractivity contribution in [3.8, 4) is 0 Å². The number of rotatable bonds is 0. The number of hydrogen-bond acceptors (Lipinski definition) is 2. The summed E-state index contributed by atoms with van der Waals surface area (Å²) in [6.07, 6.45) is 4.20. The van der Waals surface area contributed by atoms with E-state index in [9.17, 15) is 0 Å². The van der Waals surface area contributed by atoms with Crippen LogP contribution in [-0.4, -0.2) is 26.2 Å². The average molecular weight is 154 g/mol. The van der Waals surface area contributed by atoms with Crippen LogP contribution in [-0.2, 0) is 0 Å². The largest absolute Gasteiger partial charge is 0.317 e. The first-order valence-corrected chi connectivity index (χ1v) is 4.88. The van der Waals surface area contributed by atoms with E-state index in [0.717, 1.165) is 11.8 Å². The van der Waals surface area contributed by atoms with Crippen molar-refractivity contribution in [1.29, 1.82) is 0 Å². The van der Waals surface area contributed by atoms with Gasteiger partial charge in [-0.2, -0.15) is 0 Å². The molecule has 0 bridgehead atoms. The third kappa shape index (κ3) is 1.74. The maximum Gasteiger partial charge on any atom is -0.00174 e. The molecule has 0 aliphatic carbocycles. The first-order valence-electron chi connectivity index (χ1n) is 4.88. The molecule has 2 rings (SSSR count). The fourth-order valence-corrected chi connectivity index (χ4v) is 2.40. The topological polar surface area (TPSA) is 24.1 Å². The second kappa shape index (κ2) is 3.55. The lowest BCUT2D eigenvalue weighted by atomic mass is 9.83. The normalized spacial score (nSPS) is 39.3. The molecule has 0 aromatic carbocycles. The minimum atomic E-state index is 0.971. The molecule has 64 valence electrons. The Morgan fingerprint density at radius 3 is 2.18 bits per heavy atom. The highest BCUT2D eigenvalue weighted by molar-refractivity contribution is 4.81. The van der Waals surface area contributed by atoms with E-state index >= 15 is 0 Å². The molecule has 0 spiro atoms. The quantitative estimate of drug-likeness (QED) is 0.534. The monoisotopic (exact) mass is 154 g/mol. The van der Waals surface area contributed by atoms with Gasteiger partial charge in [0.05, 0.1) is 0 Å². The van der Waals surface area contributed by atoms with E-state index in [2.05, 4.69) is 10.6 Å². The number of fused-ring (bicyclic) bond motifs is 1. The van der Waals surface area contributed by atoms with Crippen molar-refractivity contribution in [1.82, 2.24) is 10.6 Å². The van der Waals surface area contributed by atoms with Gasteiger partial charge in [-0.1, -0.05) is 0 Å². The maximum absolute atomic E-state index is 3.48. The highest BCUT2D eigenvalue weighted by Gasteiger charge is 2.25. The minimum absolute atomic E-state index is 0.971. The van der Waals surface area contributed by atoms with Crippen LogP contribution in [0.2, 0.25) is 0 Å². The van der Waals surface area contributed by atoms with Gasteiger partial charge in [0.1, 0.15) is 0 Å². The van der Waals surface area contributed by atoms with Gasteiger partial charge in [0.25, 0.3) is 0 Å². The Balaban J connectivity index is 1.93. The Hall–Kier alpha value is -0.0800. The second-order valence-electron chi connectivity index (χ2n) is 3.84. The smallest absolute Gasteiger partial charge is 0.00174 e. The number of piperidine rings is 1. The summed E-state index contributed by atoms with van der Waals surface area (Å²) in [6, 6.07) is 0. The molecule has 0 radical (unpaired) electrons. The Morgan fingerprint density at radius 1 is 0.727 bits per heavy atom. The Morgan fingerprint density at radius 2 is 1.36 bits per heavy atom. The summed E-state index contributed by atoms with van der Waals surface area (Å²) < 4.78 is 0. The summed E-state index contributed by atoms with van der Waals surface area (Å²) in [5, 5.41) is 6.96. The molecule has 2 N–H and O–H groups in total. The molecule has 2 heteroatoms. The average Bonchev–Trinajstić information content (AvgIpc) is 2.28. The van der Waals surface area contributed by atoms with Crippen molar-refractivity contribution in [3.63, 3.8) is 0 Å². The van der Waals surface area contributed by atoms with Crippen LogP contribution < -0.4 is 10.6 Å².